The fraction of sp³-hybridized carbons (Fsp3) is 0.333. The maximum absolute atomic E-state index is 11.9. The smallest absolute Gasteiger partial charge is 0.321 e. The summed E-state index contributed by atoms with van der Waals surface area (Å²) in [7, 11) is 0. The summed E-state index contributed by atoms with van der Waals surface area (Å²) < 4.78 is 5.55. The molecule has 0 aliphatic rings. The van der Waals surface area contributed by atoms with E-state index >= 15 is 0 Å². The molecule has 0 atom stereocenters. The third-order valence-electron chi connectivity index (χ3n) is 2.68. The number of benzene rings is 1. The summed E-state index contributed by atoms with van der Waals surface area (Å²) in [4.78, 5) is 45.7. The molecule has 23 heavy (non-hydrogen) atoms. The SMILES string of the molecule is CCNC(=O)NC(=O)COC(=O)CCC(=O)c1ccc(Br)cc1. The molecule has 1 aromatic carbocycles. The molecule has 0 saturated heterocycles. The molecule has 0 heterocycles. The lowest BCUT2D eigenvalue weighted by Gasteiger charge is -2.06. The first-order valence-corrected chi connectivity index (χ1v) is 7.73. The van der Waals surface area contributed by atoms with Gasteiger partial charge in [-0.3, -0.25) is 19.7 Å². The first-order chi connectivity index (χ1) is 10.9. The van der Waals surface area contributed by atoms with E-state index in [-0.39, 0.29) is 18.6 Å². The van der Waals surface area contributed by atoms with Crippen molar-refractivity contribution < 1.29 is 23.9 Å². The zero-order valence-electron chi connectivity index (χ0n) is 12.6. The molecular formula is C15H17BrN2O5. The normalized spacial score (nSPS) is 9.83. The van der Waals surface area contributed by atoms with Gasteiger partial charge >= 0.3 is 12.0 Å². The molecule has 0 saturated carbocycles. The number of carbonyl (C=O) groups excluding carboxylic acids is 4. The van der Waals surface area contributed by atoms with E-state index in [2.05, 4.69) is 21.2 Å². The van der Waals surface area contributed by atoms with E-state index < -0.39 is 24.5 Å². The lowest BCUT2D eigenvalue weighted by molar-refractivity contribution is -0.148. The Morgan fingerprint density at radius 2 is 1.74 bits per heavy atom. The Bertz CT molecular complexity index is 586. The minimum absolute atomic E-state index is 0.0155. The number of carbonyl (C=O) groups is 4. The van der Waals surface area contributed by atoms with Crippen molar-refractivity contribution in [3.8, 4) is 0 Å². The number of halogens is 1. The summed E-state index contributed by atoms with van der Waals surface area (Å²) in [6, 6.07) is 6.11. The van der Waals surface area contributed by atoms with Crippen LogP contribution >= 0.6 is 15.9 Å². The van der Waals surface area contributed by atoms with Gasteiger partial charge < -0.3 is 10.1 Å². The van der Waals surface area contributed by atoms with Gasteiger partial charge in [0, 0.05) is 23.0 Å². The quantitative estimate of drug-likeness (QED) is 0.551. The van der Waals surface area contributed by atoms with E-state index in [1.807, 2.05) is 5.32 Å². The van der Waals surface area contributed by atoms with Crippen LogP contribution in [-0.2, 0) is 14.3 Å². The molecule has 3 amide bonds. The molecule has 0 aliphatic carbocycles. The summed E-state index contributed by atoms with van der Waals surface area (Å²) in [6.07, 6.45) is -0.151. The highest BCUT2D eigenvalue weighted by molar-refractivity contribution is 9.10. The first-order valence-electron chi connectivity index (χ1n) is 6.94. The molecule has 7 nitrogen and oxygen atoms in total. The first kappa shape index (κ1) is 18.8. The summed E-state index contributed by atoms with van der Waals surface area (Å²) in [6.45, 7) is 1.51. The van der Waals surface area contributed by atoms with E-state index in [9.17, 15) is 19.2 Å². The molecule has 124 valence electrons. The van der Waals surface area contributed by atoms with Crippen LogP contribution in [-0.4, -0.2) is 36.8 Å². The van der Waals surface area contributed by atoms with Crippen molar-refractivity contribution in [1.29, 1.82) is 0 Å². The van der Waals surface area contributed by atoms with Crippen LogP contribution in [0.4, 0.5) is 4.79 Å². The molecular weight excluding hydrogens is 368 g/mol. The Morgan fingerprint density at radius 3 is 2.35 bits per heavy atom. The number of esters is 1. The Labute approximate surface area is 141 Å². The third-order valence-corrected chi connectivity index (χ3v) is 3.21. The molecule has 0 unspecified atom stereocenters. The highest BCUT2D eigenvalue weighted by Crippen LogP contribution is 2.12. The average molecular weight is 385 g/mol. The number of rotatable bonds is 7. The second-order valence-corrected chi connectivity index (χ2v) is 5.41. The van der Waals surface area contributed by atoms with Gasteiger partial charge in [0.2, 0.25) is 0 Å². The molecule has 0 radical (unpaired) electrons. The molecule has 0 aliphatic heterocycles. The standard InChI is InChI=1S/C15H17BrN2O5/c1-2-17-15(22)18-13(20)9-23-14(21)8-7-12(19)10-3-5-11(16)6-4-10/h3-6H,2,7-9H2,1H3,(H2,17,18,20,22). The minimum atomic E-state index is -0.733. The van der Waals surface area contributed by atoms with Crippen LogP contribution in [0.15, 0.2) is 28.7 Å². The predicted molar refractivity (Wildman–Crippen MR) is 85.9 cm³/mol. The monoisotopic (exact) mass is 384 g/mol. The summed E-state index contributed by atoms with van der Waals surface area (Å²) in [5.41, 5.74) is 0.495. The van der Waals surface area contributed by atoms with Crippen molar-refractivity contribution >= 4 is 39.6 Å². The highest BCUT2D eigenvalue weighted by atomic mass is 79.9. The van der Waals surface area contributed by atoms with E-state index in [0.29, 0.717) is 12.1 Å². The molecule has 1 rings (SSSR count). The molecule has 2 N–H and O–H groups in total. The van der Waals surface area contributed by atoms with E-state index in [0.717, 1.165) is 4.47 Å². The topological polar surface area (TPSA) is 102 Å². The largest absolute Gasteiger partial charge is 0.456 e. The maximum atomic E-state index is 11.9. The molecule has 1 aromatic rings. The number of amides is 3. The van der Waals surface area contributed by atoms with Crippen molar-refractivity contribution in [1.82, 2.24) is 10.6 Å². The zero-order valence-corrected chi connectivity index (χ0v) is 14.1. The van der Waals surface area contributed by atoms with Crippen LogP contribution in [0.3, 0.4) is 0 Å². The number of ketones is 1. The van der Waals surface area contributed by atoms with Gasteiger partial charge in [0.1, 0.15) is 0 Å². The average Bonchev–Trinajstić information content (AvgIpc) is 2.51. The number of nitrogens with one attached hydrogen (secondary N) is 2. The van der Waals surface area contributed by atoms with Crippen molar-refractivity contribution in [3.05, 3.63) is 34.3 Å². The molecule has 0 bridgehead atoms. The van der Waals surface area contributed by atoms with Crippen LogP contribution in [0.5, 0.6) is 0 Å². The third kappa shape index (κ3) is 7.55. The van der Waals surface area contributed by atoms with Gasteiger partial charge in [-0.15, -0.1) is 0 Å². The van der Waals surface area contributed by atoms with Crippen LogP contribution in [0, 0.1) is 0 Å². The summed E-state index contributed by atoms with van der Waals surface area (Å²) in [5.74, 6) is -1.61. The Kier molecular flexibility index (Phi) is 7.96. The van der Waals surface area contributed by atoms with Crippen molar-refractivity contribution in [3.63, 3.8) is 0 Å². The molecule has 8 heteroatoms. The number of hydrogen-bond donors (Lipinski definition) is 2. The molecule has 0 aromatic heterocycles. The van der Waals surface area contributed by atoms with Gasteiger partial charge in [-0.1, -0.05) is 28.1 Å². The van der Waals surface area contributed by atoms with E-state index in [4.69, 9.17) is 4.74 Å². The second-order valence-electron chi connectivity index (χ2n) is 4.50. The number of imide groups is 1. The highest BCUT2D eigenvalue weighted by Gasteiger charge is 2.13. The van der Waals surface area contributed by atoms with Gasteiger partial charge in [0.15, 0.2) is 12.4 Å². The second kappa shape index (κ2) is 9.73. The van der Waals surface area contributed by atoms with Gasteiger partial charge in [-0.25, -0.2) is 4.79 Å². The lowest BCUT2D eigenvalue weighted by Crippen LogP contribution is -2.41. The van der Waals surface area contributed by atoms with E-state index in [1.54, 1.807) is 31.2 Å². The maximum Gasteiger partial charge on any atom is 0.321 e. The predicted octanol–water partition coefficient (Wildman–Crippen LogP) is 1.80. The molecule has 0 spiro atoms. The minimum Gasteiger partial charge on any atom is -0.456 e. The van der Waals surface area contributed by atoms with Gasteiger partial charge in [0.05, 0.1) is 6.42 Å². The Hall–Kier alpha value is -2.22. The number of ether oxygens (including phenoxy) is 1. The number of hydrogen-bond acceptors (Lipinski definition) is 5. The van der Waals surface area contributed by atoms with Crippen LogP contribution in [0.25, 0.3) is 0 Å². The Balaban J connectivity index is 2.28. The van der Waals surface area contributed by atoms with Crippen molar-refractivity contribution in [2.75, 3.05) is 13.2 Å². The Morgan fingerprint density at radius 1 is 1.09 bits per heavy atom. The van der Waals surface area contributed by atoms with Crippen molar-refractivity contribution in [2.24, 2.45) is 0 Å². The van der Waals surface area contributed by atoms with Crippen molar-refractivity contribution in [2.45, 2.75) is 19.8 Å². The van der Waals surface area contributed by atoms with Crippen LogP contribution < -0.4 is 10.6 Å². The lowest BCUT2D eigenvalue weighted by atomic mass is 10.1. The fourth-order valence-corrected chi connectivity index (χ4v) is 1.85. The summed E-state index contributed by atoms with van der Waals surface area (Å²) in [5, 5.41) is 4.36. The van der Waals surface area contributed by atoms with Gasteiger partial charge in [-0.2, -0.15) is 0 Å². The van der Waals surface area contributed by atoms with Gasteiger partial charge in [-0.05, 0) is 19.1 Å². The van der Waals surface area contributed by atoms with E-state index in [1.165, 1.54) is 0 Å². The zero-order chi connectivity index (χ0) is 17.2. The van der Waals surface area contributed by atoms with Crippen LogP contribution in [0.2, 0.25) is 0 Å². The summed E-state index contributed by atoms with van der Waals surface area (Å²) >= 11 is 3.27. The fourth-order valence-electron chi connectivity index (χ4n) is 1.58. The van der Waals surface area contributed by atoms with Crippen LogP contribution in [0.1, 0.15) is 30.1 Å². The van der Waals surface area contributed by atoms with Gasteiger partial charge in [0.25, 0.3) is 5.91 Å². The molecule has 0 fully saturated rings. The number of Topliss-reactive ketones (excluding diaryl/α,β-unsaturated/α-hetero) is 1. The number of urea groups is 1.